The second kappa shape index (κ2) is 5.70. The quantitative estimate of drug-likeness (QED) is 0.828. The van der Waals surface area contributed by atoms with Crippen LogP contribution in [0, 0.1) is 17.0 Å². The van der Waals surface area contributed by atoms with Gasteiger partial charge in [-0.25, -0.2) is 8.78 Å². The van der Waals surface area contributed by atoms with E-state index in [2.05, 4.69) is 26.1 Å². The summed E-state index contributed by atoms with van der Waals surface area (Å²) in [5, 5.41) is 3.38. The van der Waals surface area contributed by atoms with Crippen LogP contribution < -0.4 is 5.32 Å². The van der Waals surface area contributed by atoms with Crippen LogP contribution in [0.25, 0.3) is 0 Å². The number of nitrogens with zero attached hydrogens (tertiary/aromatic N) is 1. The van der Waals surface area contributed by atoms with Crippen molar-refractivity contribution in [1.82, 2.24) is 10.2 Å². The van der Waals surface area contributed by atoms with Crippen LogP contribution in [0.2, 0.25) is 0 Å². The third-order valence-electron chi connectivity index (χ3n) is 4.70. The molecule has 5 heteroatoms. The number of nitrogens with one attached hydrogen (secondary N) is 1. The zero-order valence-corrected chi connectivity index (χ0v) is 13.0. The monoisotopic (exact) mass is 344 g/mol. The molecule has 1 aromatic carbocycles. The average molecular weight is 345 g/mol. The molecular weight excluding hydrogens is 326 g/mol. The number of likely N-dealkylation sites (tertiary alicyclic amines) is 1. The van der Waals surface area contributed by atoms with Crippen LogP contribution in [0.1, 0.15) is 24.8 Å². The van der Waals surface area contributed by atoms with E-state index in [1.807, 2.05) is 0 Å². The molecule has 2 heterocycles. The molecule has 2 aliphatic rings. The van der Waals surface area contributed by atoms with Crippen molar-refractivity contribution in [1.29, 1.82) is 0 Å². The van der Waals surface area contributed by atoms with Crippen LogP contribution in [0.4, 0.5) is 8.78 Å². The van der Waals surface area contributed by atoms with E-state index in [0.29, 0.717) is 16.4 Å². The normalized spacial score (nSPS) is 22.6. The Morgan fingerprint density at radius 1 is 1.20 bits per heavy atom. The van der Waals surface area contributed by atoms with E-state index in [-0.39, 0.29) is 5.56 Å². The van der Waals surface area contributed by atoms with Crippen molar-refractivity contribution in [3.8, 4) is 0 Å². The van der Waals surface area contributed by atoms with Gasteiger partial charge in [-0.2, -0.15) is 0 Å². The largest absolute Gasteiger partial charge is 0.317 e. The Bertz CT molecular complexity index is 501. The maximum absolute atomic E-state index is 14.0. The van der Waals surface area contributed by atoms with E-state index < -0.39 is 11.6 Å². The highest BCUT2D eigenvalue weighted by Gasteiger charge is 2.39. The van der Waals surface area contributed by atoms with Crippen LogP contribution in [-0.2, 0) is 6.54 Å². The van der Waals surface area contributed by atoms with Gasteiger partial charge < -0.3 is 5.32 Å². The molecule has 2 saturated heterocycles. The maximum atomic E-state index is 14.0. The van der Waals surface area contributed by atoms with Gasteiger partial charge in [-0.15, -0.1) is 0 Å². The molecule has 2 fully saturated rings. The number of rotatable bonds is 2. The third kappa shape index (κ3) is 2.76. The minimum atomic E-state index is -0.462. The molecule has 0 aromatic heterocycles. The van der Waals surface area contributed by atoms with Gasteiger partial charge in [-0.05, 0) is 72.4 Å². The number of hydrogen-bond acceptors (Lipinski definition) is 2. The lowest BCUT2D eigenvalue weighted by atomic mass is 9.78. The van der Waals surface area contributed by atoms with Crippen molar-refractivity contribution in [2.45, 2.75) is 25.8 Å². The van der Waals surface area contributed by atoms with Gasteiger partial charge in [0.1, 0.15) is 11.6 Å². The van der Waals surface area contributed by atoms with Gasteiger partial charge in [0.05, 0.1) is 4.47 Å². The van der Waals surface area contributed by atoms with Gasteiger partial charge in [0.25, 0.3) is 0 Å². The fourth-order valence-corrected chi connectivity index (χ4v) is 3.84. The van der Waals surface area contributed by atoms with Crippen LogP contribution >= 0.6 is 15.9 Å². The molecule has 0 atom stereocenters. The van der Waals surface area contributed by atoms with Gasteiger partial charge in [-0.3, -0.25) is 4.90 Å². The lowest BCUT2D eigenvalue weighted by Gasteiger charge is -2.34. The summed E-state index contributed by atoms with van der Waals surface area (Å²) >= 11 is 3.13. The van der Waals surface area contributed by atoms with Gasteiger partial charge in [0.15, 0.2) is 0 Å². The third-order valence-corrected chi connectivity index (χ3v) is 5.31. The Labute approximate surface area is 126 Å². The molecule has 0 radical (unpaired) electrons. The molecule has 0 bridgehead atoms. The molecular formula is C15H19BrF2N2. The first kappa shape index (κ1) is 14.4. The first-order chi connectivity index (χ1) is 9.60. The highest BCUT2D eigenvalue weighted by Crippen LogP contribution is 2.39. The highest BCUT2D eigenvalue weighted by molar-refractivity contribution is 9.10. The van der Waals surface area contributed by atoms with Crippen LogP contribution in [0.3, 0.4) is 0 Å². The van der Waals surface area contributed by atoms with Crippen molar-refractivity contribution < 1.29 is 8.78 Å². The van der Waals surface area contributed by atoms with Crippen molar-refractivity contribution >= 4 is 15.9 Å². The lowest BCUT2D eigenvalue weighted by Crippen LogP contribution is -2.38. The molecule has 0 saturated carbocycles. The number of piperidine rings is 1. The second-order valence-corrected chi connectivity index (χ2v) is 6.89. The predicted octanol–water partition coefficient (Wildman–Crippen LogP) is 3.30. The smallest absolute Gasteiger partial charge is 0.144 e. The second-order valence-electron chi connectivity index (χ2n) is 6.03. The van der Waals surface area contributed by atoms with Gasteiger partial charge in [0, 0.05) is 18.7 Å². The predicted molar refractivity (Wildman–Crippen MR) is 78.5 cm³/mol. The van der Waals surface area contributed by atoms with Crippen molar-refractivity contribution in [2.24, 2.45) is 5.41 Å². The maximum Gasteiger partial charge on any atom is 0.144 e. The number of benzene rings is 1. The Morgan fingerprint density at radius 2 is 1.95 bits per heavy atom. The molecule has 0 aliphatic carbocycles. The summed E-state index contributed by atoms with van der Waals surface area (Å²) in [6, 6.07) is 2.76. The van der Waals surface area contributed by atoms with Crippen molar-refractivity contribution in [3.05, 3.63) is 33.8 Å². The molecule has 3 rings (SSSR count). The van der Waals surface area contributed by atoms with E-state index in [0.717, 1.165) is 32.6 Å². The summed E-state index contributed by atoms with van der Waals surface area (Å²) in [6.45, 7) is 4.39. The molecule has 20 heavy (non-hydrogen) atoms. The highest BCUT2D eigenvalue weighted by atomic mass is 79.9. The molecule has 2 nitrogen and oxygen atoms in total. The molecule has 0 unspecified atom stereocenters. The fourth-order valence-electron chi connectivity index (χ4n) is 3.47. The van der Waals surface area contributed by atoms with E-state index in [1.165, 1.54) is 25.0 Å². The first-order valence-electron chi connectivity index (χ1n) is 7.15. The summed E-state index contributed by atoms with van der Waals surface area (Å²) in [5.41, 5.74) is 0.551. The standard InChI is InChI=1S/C15H19BrF2N2/c16-12-1-2-13(17)11(14(12)18)9-20-8-5-15(10-20)3-6-19-7-4-15/h1-2,19H,3-10H2. The molecule has 110 valence electrons. The summed E-state index contributed by atoms with van der Waals surface area (Å²) < 4.78 is 28.2. The average Bonchev–Trinajstić information content (AvgIpc) is 2.83. The van der Waals surface area contributed by atoms with Gasteiger partial charge in [0.2, 0.25) is 0 Å². The molecule has 1 spiro atoms. The van der Waals surface area contributed by atoms with E-state index >= 15 is 0 Å². The van der Waals surface area contributed by atoms with Crippen molar-refractivity contribution in [3.63, 3.8) is 0 Å². The molecule has 0 amide bonds. The summed E-state index contributed by atoms with van der Waals surface area (Å²) in [5.74, 6) is -0.909. The number of halogens is 3. The lowest BCUT2D eigenvalue weighted by molar-refractivity contribution is 0.192. The molecule has 1 aromatic rings. The Kier molecular flexibility index (Phi) is 4.11. The van der Waals surface area contributed by atoms with Gasteiger partial charge >= 0.3 is 0 Å². The van der Waals surface area contributed by atoms with Gasteiger partial charge in [-0.1, -0.05) is 0 Å². The van der Waals surface area contributed by atoms with E-state index in [4.69, 9.17) is 0 Å². The SMILES string of the molecule is Fc1ccc(Br)c(F)c1CN1CCC2(CCNCC2)C1. The fraction of sp³-hybridized carbons (Fsp3) is 0.600. The van der Waals surface area contributed by atoms with Crippen LogP contribution in [0.15, 0.2) is 16.6 Å². The Hall–Kier alpha value is -0.520. The summed E-state index contributed by atoms with van der Waals surface area (Å²) in [6.07, 6.45) is 3.49. The molecule has 1 N–H and O–H groups in total. The van der Waals surface area contributed by atoms with Crippen molar-refractivity contribution in [2.75, 3.05) is 26.2 Å². The minimum Gasteiger partial charge on any atom is -0.317 e. The first-order valence-corrected chi connectivity index (χ1v) is 7.94. The Balaban J connectivity index is 1.72. The summed E-state index contributed by atoms with van der Waals surface area (Å²) in [4.78, 5) is 2.19. The zero-order chi connectivity index (χ0) is 14.2. The van der Waals surface area contributed by atoms with Crippen LogP contribution in [0.5, 0.6) is 0 Å². The zero-order valence-electron chi connectivity index (χ0n) is 11.4. The van der Waals surface area contributed by atoms with E-state index in [1.54, 1.807) is 0 Å². The Morgan fingerprint density at radius 3 is 2.70 bits per heavy atom. The topological polar surface area (TPSA) is 15.3 Å². The molecule has 2 aliphatic heterocycles. The summed E-state index contributed by atoms with van der Waals surface area (Å²) in [7, 11) is 0. The number of hydrogen-bond donors (Lipinski definition) is 1. The van der Waals surface area contributed by atoms with E-state index in [9.17, 15) is 8.78 Å². The minimum absolute atomic E-state index is 0.186. The van der Waals surface area contributed by atoms with Crippen LogP contribution in [-0.4, -0.2) is 31.1 Å².